The van der Waals surface area contributed by atoms with Crippen LogP contribution in [-0.2, 0) is 6.54 Å². The van der Waals surface area contributed by atoms with Gasteiger partial charge in [-0.2, -0.15) is 0 Å². The summed E-state index contributed by atoms with van der Waals surface area (Å²) in [7, 11) is 4.14. The second-order valence-corrected chi connectivity index (χ2v) is 4.20. The van der Waals surface area contributed by atoms with Gasteiger partial charge in [0, 0.05) is 25.3 Å². The minimum atomic E-state index is 1.10. The van der Waals surface area contributed by atoms with E-state index in [1.54, 1.807) is 0 Å². The number of anilines is 1. The number of nitrogens with zero attached hydrogens (tertiary/aromatic N) is 1. The molecular weight excluding hydrogens is 184 g/mol. The van der Waals surface area contributed by atoms with E-state index in [0.717, 1.165) is 6.54 Å². The zero-order chi connectivity index (χ0) is 11.1. The highest BCUT2D eigenvalue weighted by Crippen LogP contribution is 2.11. The van der Waals surface area contributed by atoms with Crippen LogP contribution >= 0.6 is 0 Å². The van der Waals surface area contributed by atoms with Gasteiger partial charge in [0.2, 0.25) is 0 Å². The SMILES string of the molecule is CCCC[NH2+]Cc1ccc(N(C)C)cc1. The summed E-state index contributed by atoms with van der Waals surface area (Å²) in [5, 5.41) is 2.38. The summed E-state index contributed by atoms with van der Waals surface area (Å²) in [6.07, 6.45) is 2.60. The largest absolute Gasteiger partial charge is 0.378 e. The highest BCUT2D eigenvalue weighted by molar-refractivity contribution is 5.45. The Morgan fingerprint density at radius 2 is 1.80 bits per heavy atom. The molecule has 1 aromatic rings. The van der Waals surface area contributed by atoms with E-state index in [1.165, 1.54) is 30.6 Å². The van der Waals surface area contributed by atoms with Crippen molar-refractivity contribution in [3.05, 3.63) is 29.8 Å². The first kappa shape index (κ1) is 12.1. The zero-order valence-corrected chi connectivity index (χ0v) is 10.2. The van der Waals surface area contributed by atoms with Gasteiger partial charge in [-0.25, -0.2) is 0 Å². The van der Waals surface area contributed by atoms with Gasteiger partial charge < -0.3 is 10.2 Å². The predicted molar refractivity (Wildman–Crippen MR) is 66.2 cm³/mol. The summed E-state index contributed by atoms with van der Waals surface area (Å²) >= 11 is 0. The first-order valence-corrected chi connectivity index (χ1v) is 5.82. The molecule has 0 fully saturated rings. The van der Waals surface area contributed by atoms with Crippen LogP contribution in [0.25, 0.3) is 0 Å². The second kappa shape index (κ2) is 6.46. The molecule has 0 aliphatic rings. The average molecular weight is 207 g/mol. The van der Waals surface area contributed by atoms with Crippen molar-refractivity contribution < 1.29 is 5.32 Å². The van der Waals surface area contributed by atoms with E-state index in [1.807, 2.05) is 0 Å². The summed E-state index contributed by atoms with van der Waals surface area (Å²) in [5.74, 6) is 0. The quantitative estimate of drug-likeness (QED) is 0.703. The molecule has 84 valence electrons. The molecule has 2 heteroatoms. The smallest absolute Gasteiger partial charge is 0.101 e. The van der Waals surface area contributed by atoms with Crippen molar-refractivity contribution in [2.45, 2.75) is 26.3 Å². The number of unbranched alkanes of at least 4 members (excludes halogenated alkanes) is 1. The van der Waals surface area contributed by atoms with E-state index in [-0.39, 0.29) is 0 Å². The maximum absolute atomic E-state index is 2.38. The van der Waals surface area contributed by atoms with Crippen LogP contribution in [0.4, 0.5) is 5.69 Å². The second-order valence-electron chi connectivity index (χ2n) is 4.20. The Morgan fingerprint density at radius 1 is 1.13 bits per heavy atom. The fourth-order valence-electron chi connectivity index (χ4n) is 1.55. The molecular formula is C13H23N2+. The predicted octanol–water partition coefficient (Wildman–Crippen LogP) is 1.62. The van der Waals surface area contributed by atoms with Crippen LogP contribution in [0.3, 0.4) is 0 Å². The molecule has 2 N–H and O–H groups in total. The van der Waals surface area contributed by atoms with Crippen LogP contribution in [0.1, 0.15) is 25.3 Å². The van der Waals surface area contributed by atoms with E-state index < -0.39 is 0 Å². The average Bonchev–Trinajstić information content (AvgIpc) is 2.25. The van der Waals surface area contributed by atoms with Crippen LogP contribution in [0.15, 0.2) is 24.3 Å². The van der Waals surface area contributed by atoms with Crippen molar-refractivity contribution in [3.8, 4) is 0 Å². The molecule has 0 saturated carbocycles. The summed E-state index contributed by atoms with van der Waals surface area (Å²) in [5.41, 5.74) is 2.68. The number of nitrogens with two attached hydrogens (primary N) is 1. The Balaban J connectivity index is 2.36. The van der Waals surface area contributed by atoms with Gasteiger partial charge in [0.1, 0.15) is 6.54 Å². The molecule has 0 aromatic heterocycles. The molecule has 0 aliphatic carbocycles. The standard InChI is InChI=1S/C13H22N2/c1-4-5-10-14-11-12-6-8-13(9-7-12)15(2)3/h6-9,14H,4-5,10-11H2,1-3H3/p+1. The number of quaternary nitrogens is 1. The van der Waals surface area contributed by atoms with Crippen LogP contribution < -0.4 is 10.2 Å². The molecule has 15 heavy (non-hydrogen) atoms. The molecule has 0 amide bonds. The summed E-state index contributed by atoms with van der Waals surface area (Å²) in [6.45, 7) is 4.58. The Labute approximate surface area is 93.3 Å². The van der Waals surface area contributed by atoms with Crippen molar-refractivity contribution >= 4 is 5.69 Å². The lowest BCUT2D eigenvalue weighted by atomic mass is 10.2. The minimum Gasteiger partial charge on any atom is -0.378 e. The number of benzene rings is 1. The molecule has 0 heterocycles. The lowest BCUT2D eigenvalue weighted by Gasteiger charge is -2.12. The first-order chi connectivity index (χ1) is 7.24. The van der Waals surface area contributed by atoms with Crippen molar-refractivity contribution in [2.75, 3.05) is 25.5 Å². The molecule has 1 rings (SSSR count). The van der Waals surface area contributed by atoms with E-state index in [4.69, 9.17) is 0 Å². The maximum Gasteiger partial charge on any atom is 0.101 e. The van der Waals surface area contributed by atoms with Gasteiger partial charge in [0.25, 0.3) is 0 Å². The molecule has 0 spiro atoms. The topological polar surface area (TPSA) is 19.9 Å². The van der Waals surface area contributed by atoms with Crippen molar-refractivity contribution in [1.29, 1.82) is 0 Å². The Bertz CT molecular complexity index is 264. The van der Waals surface area contributed by atoms with Crippen molar-refractivity contribution in [3.63, 3.8) is 0 Å². The maximum atomic E-state index is 2.38. The van der Waals surface area contributed by atoms with Crippen LogP contribution in [0.5, 0.6) is 0 Å². The van der Waals surface area contributed by atoms with E-state index in [9.17, 15) is 0 Å². The van der Waals surface area contributed by atoms with Crippen LogP contribution in [-0.4, -0.2) is 20.6 Å². The Kier molecular flexibility index (Phi) is 5.19. The third-order valence-electron chi connectivity index (χ3n) is 2.59. The Morgan fingerprint density at radius 3 is 2.33 bits per heavy atom. The minimum absolute atomic E-state index is 1.10. The van der Waals surface area contributed by atoms with Crippen molar-refractivity contribution in [1.82, 2.24) is 0 Å². The van der Waals surface area contributed by atoms with E-state index in [0.29, 0.717) is 0 Å². The van der Waals surface area contributed by atoms with Gasteiger partial charge in [-0.15, -0.1) is 0 Å². The lowest BCUT2D eigenvalue weighted by molar-refractivity contribution is -0.670. The van der Waals surface area contributed by atoms with Crippen LogP contribution in [0, 0.1) is 0 Å². The third-order valence-corrected chi connectivity index (χ3v) is 2.59. The molecule has 0 bridgehead atoms. The molecule has 0 unspecified atom stereocenters. The summed E-state index contributed by atoms with van der Waals surface area (Å²) in [6, 6.07) is 8.81. The summed E-state index contributed by atoms with van der Waals surface area (Å²) in [4.78, 5) is 2.13. The molecule has 0 atom stereocenters. The molecule has 0 aliphatic heterocycles. The normalized spacial score (nSPS) is 10.3. The van der Waals surface area contributed by atoms with E-state index in [2.05, 4.69) is 55.5 Å². The lowest BCUT2D eigenvalue weighted by Crippen LogP contribution is -2.82. The summed E-state index contributed by atoms with van der Waals surface area (Å²) < 4.78 is 0. The Hall–Kier alpha value is -1.02. The van der Waals surface area contributed by atoms with E-state index >= 15 is 0 Å². The third kappa shape index (κ3) is 4.34. The van der Waals surface area contributed by atoms with Gasteiger partial charge in [-0.3, -0.25) is 0 Å². The highest BCUT2D eigenvalue weighted by atomic mass is 15.1. The zero-order valence-electron chi connectivity index (χ0n) is 10.2. The fourth-order valence-corrected chi connectivity index (χ4v) is 1.55. The molecule has 1 aromatic carbocycles. The first-order valence-electron chi connectivity index (χ1n) is 5.82. The highest BCUT2D eigenvalue weighted by Gasteiger charge is 1.97. The monoisotopic (exact) mass is 207 g/mol. The fraction of sp³-hybridized carbons (Fsp3) is 0.538. The van der Waals surface area contributed by atoms with Gasteiger partial charge in [-0.1, -0.05) is 25.5 Å². The molecule has 0 saturated heterocycles. The number of hydrogen-bond acceptors (Lipinski definition) is 1. The van der Waals surface area contributed by atoms with Gasteiger partial charge in [0.05, 0.1) is 6.54 Å². The van der Waals surface area contributed by atoms with Gasteiger partial charge in [0.15, 0.2) is 0 Å². The molecule has 2 nitrogen and oxygen atoms in total. The van der Waals surface area contributed by atoms with Crippen molar-refractivity contribution in [2.24, 2.45) is 0 Å². The number of rotatable bonds is 6. The van der Waals surface area contributed by atoms with Crippen LogP contribution in [0.2, 0.25) is 0 Å². The number of hydrogen-bond donors (Lipinski definition) is 1. The molecule has 0 radical (unpaired) electrons. The van der Waals surface area contributed by atoms with Gasteiger partial charge in [-0.05, 0) is 18.6 Å². The van der Waals surface area contributed by atoms with Gasteiger partial charge >= 0.3 is 0 Å².